The second-order valence-electron chi connectivity index (χ2n) is 5.08. The van der Waals surface area contributed by atoms with Gasteiger partial charge in [0.25, 0.3) is 0 Å². The van der Waals surface area contributed by atoms with Gasteiger partial charge in [-0.3, -0.25) is 0 Å². The molecule has 1 heterocycles. The zero-order chi connectivity index (χ0) is 16.2. The number of carbonyl (C=O) groups is 1. The van der Waals surface area contributed by atoms with E-state index in [2.05, 4.69) is 4.98 Å². The van der Waals surface area contributed by atoms with E-state index in [-0.39, 0.29) is 5.56 Å². The van der Waals surface area contributed by atoms with Gasteiger partial charge >= 0.3 is 5.97 Å². The molecule has 0 bridgehead atoms. The number of carboxylic acids is 1. The van der Waals surface area contributed by atoms with E-state index in [1.54, 1.807) is 31.5 Å². The Morgan fingerprint density at radius 3 is 2.83 bits per heavy atom. The molecular formula is C18H16N2O3. The fourth-order valence-corrected chi connectivity index (χ4v) is 2.51. The summed E-state index contributed by atoms with van der Waals surface area (Å²) in [6, 6.07) is 14.6. The summed E-state index contributed by atoms with van der Waals surface area (Å²) in [5.74, 6) is 0.602. The fourth-order valence-electron chi connectivity index (χ4n) is 2.51. The van der Waals surface area contributed by atoms with E-state index in [0.29, 0.717) is 6.54 Å². The summed E-state index contributed by atoms with van der Waals surface area (Å²) in [6.45, 7) is 0.536. The molecule has 0 spiro atoms. The van der Waals surface area contributed by atoms with Crippen molar-refractivity contribution in [2.75, 3.05) is 7.11 Å². The minimum atomic E-state index is -0.928. The number of hydrogen-bond donors (Lipinski definition) is 1. The van der Waals surface area contributed by atoms with Crippen LogP contribution in [0.1, 0.15) is 15.9 Å². The van der Waals surface area contributed by atoms with Crippen molar-refractivity contribution < 1.29 is 14.6 Å². The third-order valence-corrected chi connectivity index (χ3v) is 3.59. The molecule has 0 aliphatic heterocycles. The number of ether oxygens (including phenoxy) is 1. The summed E-state index contributed by atoms with van der Waals surface area (Å²) in [5.41, 5.74) is 2.08. The van der Waals surface area contributed by atoms with Crippen molar-refractivity contribution in [3.05, 3.63) is 72.1 Å². The van der Waals surface area contributed by atoms with E-state index >= 15 is 0 Å². The molecule has 5 nitrogen and oxygen atoms in total. The van der Waals surface area contributed by atoms with Gasteiger partial charge in [0.1, 0.15) is 11.6 Å². The van der Waals surface area contributed by atoms with Gasteiger partial charge in [-0.1, -0.05) is 24.3 Å². The predicted octanol–water partition coefficient (Wildman–Crippen LogP) is 3.31. The zero-order valence-corrected chi connectivity index (χ0v) is 12.6. The molecule has 116 valence electrons. The van der Waals surface area contributed by atoms with Gasteiger partial charge in [0, 0.05) is 18.9 Å². The number of aromatic carboxylic acids is 1. The Morgan fingerprint density at radius 1 is 1.22 bits per heavy atom. The van der Waals surface area contributed by atoms with Gasteiger partial charge < -0.3 is 14.4 Å². The standard InChI is InChI=1S/C18H16N2O3/c1-23-16-8-3-2-7-15(16)17-19-9-10-20(17)12-13-5-4-6-14(11-13)18(21)22/h2-11H,12H2,1H3,(H,21,22). The highest BCUT2D eigenvalue weighted by molar-refractivity contribution is 5.87. The topological polar surface area (TPSA) is 64.4 Å². The number of carboxylic acid groups (broad SMARTS) is 1. The maximum Gasteiger partial charge on any atom is 0.335 e. The van der Waals surface area contributed by atoms with E-state index < -0.39 is 5.97 Å². The van der Waals surface area contributed by atoms with Crippen LogP contribution in [-0.4, -0.2) is 27.7 Å². The number of para-hydroxylation sites is 1. The highest BCUT2D eigenvalue weighted by Gasteiger charge is 2.12. The van der Waals surface area contributed by atoms with Crippen molar-refractivity contribution in [2.24, 2.45) is 0 Å². The normalized spacial score (nSPS) is 10.5. The maximum atomic E-state index is 11.1. The highest BCUT2D eigenvalue weighted by Crippen LogP contribution is 2.28. The van der Waals surface area contributed by atoms with E-state index in [0.717, 1.165) is 22.7 Å². The Kier molecular flexibility index (Phi) is 4.10. The average Bonchev–Trinajstić information content (AvgIpc) is 3.03. The molecule has 0 amide bonds. The summed E-state index contributed by atoms with van der Waals surface area (Å²) in [7, 11) is 1.63. The largest absolute Gasteiger partial charge is 0.496 e. The van der Waals surface area contributed by atoms with Crippen molar-refractivity contribution in [3.63, 3.8) is 0 Å². The van der Waals surface area contributed by atoms with E-state index in [9.17, 15) is 4.79 Å². The summed E-state index contributed by atoms with van der Waals surface area (Å²) in [4.78, 5) is 15.5. The molecule has 0 saturated heterocycles. The SMILES string of the molecule is COc1ccccc1-c1nccn1Cc1cccc(C(=O)O)c1. The number of methoxy groups -OCH3 is 1. The molecular weight excluding hydrogens is 292 g/mol. The number of hydrogen-bond acceptors (Lipinski definition) is 3. The van der Waals surface area contributed by atoms with Crippen LogP contribution >= 0.6 is 0 Å². The first-order valence-corrected chi connectivity index (χ1v) is 7.16. The molecule has 3 aromatic rings. The molecule has 0 aliphatic carbocycles. The van der Waals surface area contributed by atoms with Gasteiger partial charge in [-0.25, -0.2) is 9.78 Å². The van der Waals surface area contributed by atoms with Crippen molar-refractivity contribution in [3.8, 4) is 17.1 Å². The van der Waals surface area contributed by atoms with Gasteiger partial charge in [-0.2, -0.15) is 0 Å². The molecule has 0 aliphatic rings. The lowest BCUT2D eigenvalue weighted by Gasteiger charge is -2.11. The lowest BCUT2D eigenvalue weighted by atomic mass is 10.1. The van der Waals surface area contributed by atoms with Crippen LogP contribution in [0.4, 0.5) is 0 Å². The third kappa shape index (κ3) is 3.08. The predicted molar refractivity (Wildman–Crippen MR) is 86.7 cm³/mol. The van der Waals surface area contributed by atoms with Crippen molar-refractivity contribution in [1.82, 2.24) is 9.55 Å². The van der Waals surface area contributed by atoms with Gasteiger partial charge in [0.15, 0.2) is 0 Å². The highest BCUT2D eigenvalue weighted by atomic mass is 16.5. The molecule has 0 saturated carbocycles. The summed E-state index contributed by atoms with van der Waals surface area (Å²) >= 11 is 0. The van der Waals surface area contributed by atoms with Crippen molar-refractivity contribution in [1.29, 1.82) is 0 Å². The minimum absolute atomic E-state index is 0.279. The Balaban J connectivity index is 1.96. The third-order valence-electron chi connectivity index (χ3n) is 3.59. The van der Waals surface area contributed by atoms with E-state index in [1.165, 1.54) is 0 Å². The molecule has 0 radical (unpaired) electrons. The van der Waals surface area contributed by atoms with Crippen LogP contribution in [0.15, 0.2) is 60.9 Å². The van der Waals surface area contributed by atoms with E-state index in [1.807, 2.05) is 41.1 Å². The summed E-state index contributed by atoms with van der Waals surface area (Å²) in [6.07, 6.45) is 3.60. The van der Waals surface area contributed by atoms with Crippen molar-refractivity contribution in [2.45, 2.75) is 6.54 Å². The van der Waals surface area contributed by atoms with E-state index in [4.69, 9.17) is 9.84 Å². The first-order chi connectivity index (χ1) is 11.2. The Labute approximate surface area is 133 Å². The van der Waals surface area contributed by atoms with Crippen molar-refractivity contribution >= 4 is 5.97 Å². The number of benzene rings is 2. The van der Waals surface area contributed by atoms with Crippen LogP contribution in [0.2, 0.25) is 0 Å². The Bertz CT molecular complexity index is 840. The van der Waals surface area contributed by atoms with Crippen LogP contribution in [0.3, 0.4) is 0 Å². The van der Waals surface area contributed by atoms with Gasteiger partial charge in [-0.05, 0) is 29.8 Å². The quantitative estimate of drug-likeness (QED) is 0.785. The second-order valence-corrected chi connectivity index (χ2v) is 5.08. The first kappa shape index (κ1) is 14.8. The van der Waals surface area contributed by atoms with Gasteiger partial charge in [0.05, 0.1) is 18.2 Å². The molecule has 0 unspecified atom stereocenters. The van der Waals surface area contributed by atoms with Gasteiger partial charge in [0.2, 0.25) is 0 Å². The number of rotatable bonds is 5. The molecule has 1 N–H and O–H groups in total. The lowest BCUT2D eigenvalue weighted by Crippen LogP contribution is -2.04. The minimum Gasteiger partial charge on any atom is -0.496 e. The number of nitrogens with zero attached hydrogens (tertiary/aromatic N) is 2. The summed E-state index contributed by atoms with van der Waals surface area (Å²) < 4.78 is 7.36. The molecule has 5 heteroatoms. The lowest BCUT2D eigenvalue weighted by molar-refractivity contribution is 0.0696. The first-order valence-electron chi connectivity index (χ1n) is 7.16. The molecule has 0 fully saturated rings. The zero-order valence-electron chi connectivity index (χ0n) is 12.6. The van der Waals surface area contributed by atoms with Gasteiger partial charge in [-0.15, -0.1) is 0 Å². The van der Waals surface area contributed by atoms with Crippen LogP contribution in [0.5, 0.6) is 5.75 Å². The Hall–Kier alpha value is -3.08. The molecule has 0 atom stereocenters. The number of imidazole rings is 1. The van der Waals surface area contributed by atoms with Crippen LogP contribution in [0.25, 0.3) is 11.4 Å². The second kappa shape index (κ2) is 6.36. The molecule has 3 rings (SSSR count). The Morgan fingerprint density at radius 2 is 2.04 bits per heavy atom. The van der Waals surface area contributed by atoms with Crippen LogP contribution in [-0.2, 0) is 6.54 Å². The smallest absolute Gasteiger partial charge is 0.335 e. The number of aromatic nitrogens is 2. The molecule has 2 aromatic carbocycles. The van der Waals surface area contributed by atoms with Crippen LogP contribution < -0.4 is 4.74 Å². The average molecular weight is 308 g/mol. The maximum absolute atomic E-state index is 11.1. The van der Waals surface area contributed by atoms with Crippen LogP contribution in [0, 0.1) is 0 Å². The fraction of sp³-hybridized carbons (Fsp3) is 0.111. The summed E-state index contributed by atoms with van der Waals surface area (Å²) in [5, 5.41) is 9.10. The molecule has 1 aromatic heterocycles. The molecule has 23 heavy (non-hydrogen) atoms. The monoisotopic (exact) mass is 308 g/mol.